The molecule has 0 aliphatic rings. The summed E-state index contributed by atoms with van der Waals surface area (Å²) in [5.41, 5.74) is 0. The van der Waals surface area contributed by atoms with Crippen molar-refractivity contribution in [2.75, 3.05) is 7.11 Å². The van der Waals surface area contributed by atoms with Crippen LogP contribution in [0.25, 0.3) is 0 Å². The predicted molar refractivity (Wildman–Crippen MR) is 42.5 cm³/mol. The number of carbonyl (C=O) groups is 1. The van der Waals surface area contributed by atoms with Gasteiger partial charge in [-0.15, -0.1) is 0 Å². The molecule has 1 N–H and O–H groups in total. The normalized spacial score (nSPS) is 13.4. The van der Waals surface area contributed by atoms with Crippen LogP contribution in [-0.2, 0) is 26.6 Å². The van der Waals surface area contributed by atoms with Crippen LogP contribution in [0.3, 0.4) is 0 Å². The molecule has 4 heteroatoms. The molecule has 0 amide bonds. The van der Waals surface area contributed by atoms with E-state index in [0.29, 0.717) is 6.42 Å². The molecule has 0 spiro atoms. The van der Waals surface area contributed by atoms with Crippen molar-refractivity contribution >= 4 is 5.78 Å². The summed E-state index contributed by atoms with van der Waals surface area (Å²) in [6.45, 7) is 3.42. The first-order valence-electron chi connectivity index (χ1n) is 3.58. The molecule has 0 aliphatic carbocycles. The largest absolute Gasteiger partial charge is 0.509 e. The van der Waals surface area contributed by atoms with Crippen molar-refractivity contribution in [2.24, 2.45) is 0 Å². The van der Waals surface area contributed by atoms with Gasteiger partial charge in [0.2, 0.25) is 0 Å². The smallest absolute Gasteiger partial charge is 0.158 e. The van der Waals surface area contributed by atoms with Gasteiger partial charge in [0.05, 0.1) is 0 Å². The molecule has 3 nitrogen and oxygen atoms in total. The summed E-state index contributed by atoms with van der Waals surface area (Å²) in [5.74, 6) is -0.106. The summed E-state index contributed by atoms with van der Waals surface area (Å²) in [7, 11) is 1.48. The maximum absolute atomic E-state index is 10.8. The second-order valence-corrected chi connectivity index (χ2v) is 2.27. The molecule has 0 heterocycles. The summed E-state index contributed by atoms with van der Waals surface area (Å²) in [6, 6.07) is 0. The van der Waals surface area contributed by atoms with E-state index in [4.69, 9.17) is 9.84 Å². The second kappa shape index (κ2) is 7.34. The molecule has 0 fully saturated rings. The Kier molecular flexibility index (Phi) is 8.71. The monoisotopic (exact) mass is 221 g/mol. The number of hydrogen-bond donors (Lipinski definition) is 1. The van der Waals surface area contributed by atoms with Crippen molar-refractivity contribution < 1.29 is 31.7 Å². The Hall–Kier alpha value is -0.311. The molecule has 0 bridgehead atoms. The Bertz CT molecular complexity index is 166. The van der Waals surface area contributed by atoms with Gasteiger partial charge in [-0.1, -0.05) is 6.92 Å². The molecular weight excluding hydrogens is 208 g/mol. The number of ether oxygens (including phenoxy) is 1. The predicted octanol–water partition coefficient (Wildman–Crippen LogP) is 1.44. The first-order chi connectivity index (χ1) is 5.11. The number of allylic oxidation sites excluding steroid dienone is 1. The topological polar surface area (TPSA) is 46.5 Å². The van der Waals surface area contributed by atoms with Crippen molar-refractivity contribution in [3.8, 4) is 0 Å². The fraction of sp³-hybridized carbons (Fsp3) is 0.625. The second-order valence-electron chi connectivity index (χ2n) is 2.27. The standard InChI is InChI=1S/C8H14O3.Cu/c1-4-7(9)5-8(10)6(2)11-3;/h5-6,10H,4H2,1-3H3;/b8-5-;. The summed E-state index contributed by atoms with van der Waals surface area (Å²) in [5, 5.41) is 9.13. The number of hydrogen-bond acceptors (Lipinski definition) is 3. The molecule has 0 aromatic rings. The summed E-state index contributed by atoms with van der Waals surface area (Å²) >= 11 is 0. The Morgan fingerprint density at radius 1 is 1.67 bits per heavy atom. The minimum absolute atomic E-state index is 0. The van der Waals surface area contributed by atoms with Crippen LogP contribution in [0.2, 0.25) is 0 Å². The van der Waals surface area contributed by atoms with Gasteiger partial charge in [0.15, 0.2) is 5.78 Å². The maximum atomic E-state index is 10.8. The van der Waals surface area contributed by atoms with Gasteiger partial charge < -0.3 is 9.84 Å². The van der Waals surface area contributed by atoms with Crippen LogP contribution in [0.4, 0.5) is 0 Å². The van der Waals surface area contributed by atoms with Gasteiger partial charge in [-0.2, -0.15) is 0 Å². The number of aliphatic hydroxyl groups excluding tert-OH is 1. The molecule has 1 radical (unpaired) electrons. The van der Waals surface area contributed by atoms with Crippen molar-refractivity contribution in [3.63, 3.8) is 0 Å². The van der Waals surface area contributed by atoms with Crippen molar-refractivity contribution in [3.05, 3.63) is 11.8 Å². The third-order valence-electron chi connectivity index (χ3n) is 1.43. The van der Waals surface area contributed by atoms with E-state index in [0.717, 1.165) is 0 Å². The Morgan fingerprint density at radius 2 is 2.17 bits per heavy atom. The summed E-state index contributed by atoms with van der Waals surface area (Å²) in [4.78, 5) is 10.8. The molecule has 0 aromatic carbocycles. The van der Waals surface area contributed by atoms with E-state index in [1.807, 2.05) is 0 Å². The molecule has 0 saturated heterocycles. The number of methoxy groups -OCH3 is 1. The zero-order valence-corrected chi connectivity index (χ0v) is 8.37. The molecule has 0 saturated carbocycles. The van der Waals surface area contributed by atoms with Crippen LogP contribution in [0.1, 0.15) is 20.3 Å². The molecule has 0 aliphatic heterocycles. The third-order valence-corrected chi connectivity index (χ3v) is 1.43. The van der Waals surface area contributed by atoms with E-state index in [-0.39, 0.29) is 28.6 Å². The van der Waals surface area contributed by atoms with E-state index < -0.39 is 6.10 Å². The molecule has 75 valence electrons. The van der Waals surface area contributed by atoms with Crippen LogP contribution in [-0.4, -0.2) is 24.1 Å². The van der Waals surface area contributed by atoms with Crippen LogP contribution in [0, 0.1) is 0 Å². The number of ketones is 1. The molecule has 0 aromatic heterocycles. The van der Waals surface area contributed by atoms with E-state index in [9.17, 15) is 4.79 Å². The average molecular weight is 222 g/mol. The Balaban J connectivity index is 0. The van der Waals surface area contributed by atoms with E-state index in [1.165, 1.54) is 13.2 Å². The van der Waals surface area contributed by atoms with Gasteiger partial charge in [0.25, 0.3) is 0 Å². The first-order valence-corrected chi connectivity index (χ1v) is 3.58. The molecule has 0 rings (SSSR count). The zero-order chi connectivity index (χ0) is 8.85. The number of aliphatic hydroxyl groups is 1. The van der Waals surface area contributed by atoms with Crippen molar-refractivity contribution in [1.82, 2.24) is 0 Å². The molecule has 12 heavy (non-hydrogen) atoms. The minimum Gasteiger partial charge on any atom is -0.509 e. The Labute approximate surface area is 83.3 Å². The van der Waals surface area contributed by atoms with Crippen LogP contribution in [0.5, 0.6) is 0 Å². The average Bonchev–Trinajstić information content (AvgIpc) is 2.02. The van der Waals surface area contributed by atoms with Gasteiger partial charge in [0, 0.05) is 36.7 Å². The number of carbonyl (C=O) groups excluding carboxylic acids is 1. The van der Waals surface area contributed by atoms with E-state index in [1.54, 1.807) is 13.8 Å². The molecular formula is C8H14CuO3. The fourth-order valence-corrected chi connectivity index (χ4v) is 0.505. The van der Waals surface area contributed by atoms with Gasteiger partial charge >= 0.3 is 0 Å². The maximum Gasteiger partial charge on any atom is 0.158 e. The van der Waals surface area contributed by atoms with Crippen LogP contribution in [0.15, 0.2) is 11.8 Å². The van der Waals surface area contributed by atoms with Gasteiger partial charge in [-0.3, -0.25) is 4.79 Å². The third kappa shape index (κ3) is 5.35. The van der Waals surface area contributed by atoms with E-state index in [2.05, 4.69) is 0 Å². The SMILES string of the molecule is CCC(=O)/C=C(\O)C(C)OC.[Cu]. The molecule has 1 atom stereocenters. The van der Waals surface area contributed by atoms with Gasteiger partial charge in [-0.05, 0) is 6.92 Å². The van der Waals surface area contributed by atoms with Crippen LogP contribution < -0.4 is 0 Å². The quantitative estimate of drug-likeness (QED) is 0.444. The van der Waals surface area contributed by atoms with E-state index >= 15 is 0 Å². The van der Waals surface area contributed by atoms with Gasteiger partial charge in [-0.25, -0.2) is 0 Å². The zero-order valence-electron chi connectivity index (χ0n) is 7.43. The summed E-state index contributed by atoms with van der Waals surface area (Å²) < 4.78 is 4.79. The van der Waals surface area contributed by atoms with Crippen molar-refractivity contribution in [2.45, 2.75) is 26.4 Å². The fourth-order valence-electron chi connectivity index (χ4n) is 0.505. The molecule has 1 unspecified atom stereocenters. The summed E-state index contributed by atoms with van der Waals surface area (Å²) in [6.07, 6.45) is 1.21. The van der Waals surface area contributed by atoms with Crippen LogP contribution >= 0.6 is 0 Å². The first kappa shape index (κ1) is 14.2. The van der Waals surface area contributed by atoms with Gasteiger partial charge in [0.1, 0.15) is 11.9 Å². The number of rotatable bonds is 4. The van der Waals surface area contributed by atoms with Crippen molar-refractivity contribution in [1.29, 1.82) is 0 Å². The Morgan fingerprint density at radius 3 is 2.50 bits per heavy atom. The minimum atomic E-state index is -0.398.